The Morgan fingerprint density at radius 1 is 0.900 bits per heavy atom. The maximum Gasteiger partial charge on any atom is 2.00 e. The summed E-state index contributed by atoms with van der Waals surface area (Å²) in [5, 5.41) is 0. The summed E-state index contributed by atoms with van der Waals surface area (Å²) >= 11 is 0. The van der Waals surface area contributed by atoms with Gasteiger partial charge in [0.05, 0.1) is 0 Å². The van der Waals surface area contributed by atoms with Gasteiger partial charge in [-0.2, -0.15) is 18.2 Å². The van der Waals surface area contributed by atoms with Crippen LogP contribution < -0.4 is 0 Å². The van der Waals surface area contributed by atoms with Gasteiger partial charge in [0.2, 0.25) is 0 Å². The van der Waals surface area contributed by atoms with Crippen LogP contribution in [0.3, 0.4) is 0 Å². The normalized spacial score (nSPS) is 4.40. The molecule has 0 aromatic heterocycles. The molecule has 0 atom stereocenters. The van der Waals surface area contributed by atoms with Crippen molar-refractivity contribution in [2.75, 3.05) is 0 Å². The van der Waals surface area contributed by atoms with Gasteiger partial charge in [-0.1, -0.05) is 0 Å². The first-order valence-corrected chi connectivity index (χ1v) is 2.07. The minimum absolute atomic E-state index is 0. The molecule has 0 fully saturated rings. The summed E-state index contributed by atoms with van der Waals surface area (Å²) in [4.78, 5) is 0. The molecule has 1 aromatic carbocycles. The molecule has 0 aliphatic rings. The maximum absolute atomic E-state index is 7.50. The zero-order chi connectivity index (χ0) is 7.54. The van der Waals surface area contributed by atoms with E-state index >= 15 is 0 Å². The Morgan fingerprint density at radius 3 is 1.30 bits per heavy atom. The van der Waals surface area contributed by atoms with Crippen LogP contribution in [-0.4, -0.2) is 0 Å². The minimum Gasteiger partial charge on any atom is -0.214 e. The van der Waals surface area contributed by atoms with Crippen molar-refractivity contribution in [3.8, 4) is 0 Å². The summed E-state index contributed by atoms with van der Waals surface area (Å²) in [6, 6.07) is 10.0. The van der Waals surface area contributed by atoms with Crippen LogP contribution in [0, 0.1) is 13.3 Å². The zero-order valence-corrected chi connectivity index (χ0v) is 6.16. The van der Waals surface area contributed by atoms with Gasteiger partial charge < -0.3 is 0 Å². The van der Waals surface area contributed by atoms with E-state index in [9.17, 15) is 0 Å². The zero-order valence-electron chi connectivity index (χ0n) is 5.06. The first-order valence-electron chi connectivity index (χ1n) is 2.07. The Labute approximate surface area is 70.5 Å². The van der Waals surface area contributed by atoms with E-state index < -0.39 is 0 Å². The van der Waals surface area contributed by atoms with Crippen molar-refractivity contribution >= 4 is 0 Å². The summed E-state index contributed by atoms with van der Waals surface area (Å²) in [5.41, 5.74) is 0. The van der Waals surface area contributed by atoms with E-state index in [1.54, 1.807) is 0 Å². The van der Waals surface area contributed by atoms with Gasteiger partial charge in [-0.3, -0.25) is 0 Å². The van der Waals surface area contributed by atoms with Crippen LogP contribution in [0.5, 0.6) is 0 Å². The molecule has 10 heavy (non-hydrogen) atoms. The van der Waals surface area contributed by atoms with Crippen LogP contribution in [0.25, 0.3) is 0 Å². The fourth-order valence-corrected chi connectivity index (χ4v) is 0.321. The predicted octanol–water partition coefficient (Wildman–Crippen LogP) is 1.33. The van der Waals surface area contributed by atoms with Crippen LogP contribution in [0.15, 0.2) is 30.3 Å². The average Bonchev–Trinajstić information content (AvgIpc) is 2.51. The van der Waals surface area contributed by atoms with E-state index in [-0.39, 0.29) is 17.1 Å². The predicted molar refractivity (Wildman–Crippen MR) is 29.9 cm³/mol. The first kappa shape index (κ1) is 16.2. The second-order valence-electron chi connectivity index (χ2n) is 0.962. The van der Waals surface area contributed by atoms with E-state index in [2.05, 4.69) is 13.3 Å². The van der Waals surface area contributed by atoms with E-state index in [1.165, 1.54) is 0 Å². The molecule has 0 saturated carbocycles. The molecule has 0 N–H and O–H groups in total. The summed E-state index contributed by atoms with van der Waals surface area (Å²) in [5.74, 6) is 0. The fraction of sp³-hybridized carbons (Fsp3) is 0. The van der Waals surface area contributed by atoms with Gasteiger partial charge in [0.15, 0.2) is 0 Å². The van der Waals surface area contributed by atoms with Crippen molar-refractivity contribution in [3.63, 3.8) is 0 Å². The Hall–Kier alpha value is -0.651. The molecule has 0 saturated heterocycles. The van der Waals surface area contributed by atoms with Crippen molar-refractivity contribution in [1.82, 2.24) is 0 Å². The third kappa shape index (κ3) is 15.7. The van der Waals surface area contributed by atoms with E-state index in [1.807, 2.05) is 30.3 Å². The maximum atomic E-state index is 7.50. The second kappa shape index (κ2) is 23.8. The second-order valence-corrected chi connectivity index (χ2v) is 0.962. The van der Waals surface area contributed by atoms with E-state index in [4.69, 9.17) is 9.30 Å². The van der Waals surface area contributed by atoms with Crippen molar-refractivity contribution in [2.45, 2.75) is 0 Å². The summed E-state index contributed by atoms with van der Waals surface area (Å²) < 4.78 is 15.0. The molecule has 0 bridgehead atoms. The van der Waals surface area contributed by atoms with Gasteiger partial charge in [-0.15, -0.1) is 0 Å². The average molecular weight is 177 g/mol. The number of rotatable bonds is 0. The topological polar surface area (TPSA) is 39.8 Å². The minimum atomic E-state index is 0. The van der Waals surface area contributed by atoms with Crippen molar-refractivity contribution in [1.29, 1.82) is 0 Å². The molecule has 2 nitrogen and oxygen atoms in total. The fourth-order valence-electron chi connectivity index (χ4n) is 0.321. The molecule has 0 aliphatic heterocycles. The molecule has 0 heterocycles. The standard InChI is InChI=1S/C5H5.2CO.Fe/c1-2-4-5-3-1;2*1-2;/h1-5H;;;/q-1;;;+2. The molecule has 52 valence electrons. The van der Waals surface area contributed by atoms with Gasteiger partial charge in [0.1, 0.15) is 0 Å². The molecule has 0 radical (unpaired) electrons. The first-order chi connectivity index (χ1) is 4.50. The molecule has 0 unspecified atom stereocenters. The molecule has 0 amide bonds. The number of hydrogen-bond acceptors (Lipinski definition) is 0. The molecule has 1 aromatic rings. The Morgan fingerprint density at radius 2 is 1.20 bits per heavy atom. The molecular formula is C7H5FeO2+. The summed E-state index contributed by atoms with van der Waals surface area (Å²) in [6.45, 7) is 9.00. The van der Waals surface area contributed by atoms with Crippen LogP contribution in [0.4, 0.5) is 0 Å². The molecule has 0 spiro atoms. The molecule has 3 heteroatoms. The third-order valence-corrected chi connectivity index (χ3v) is 0.556. The van der Waals surface area contributed by atoms with Gasteiger partial charge in [-0.25, -0.2) is 12.1 Å². The molecule has 0 aliphatic carbocycles. The van der Waals surface area contributed by atoms with Crippen molar-refractivity contribution in [3.05, 3.63) is 43.6 Å². The van der Waals surface area contributed by atoms with Crippen LogP contribution in [0.1, 0.15) is 0 Å². The third-order valence-electron chi connectivity index (χ3n) is 0.556. The summed E-state index contributed by atoms with van der Waals surface area (Å²) in [6.07, 6.45) is 0. The van der Waals surface area contributed by atoms with Crippen LogP contribution in [-0.2, 0) is 26.4 Å². The van der Waals surface area contributed by atoms with Gasteiger partial charge in [0, 0.05) is 0 Å². The van der Waals surface area contributed by atoms with Crippen LogP contribution in [0.2, 0.25) is 0 Å². The quantitative estimate of drug-likeness (QED) is 0.325. The Kier molecular flexibility index (Phi) is 38.5. The molecular weight excluding hydrogens is 172 g/mol. The number of hydrogen-bond donors (Lipinski definition) is 0. The smallest absolute Gasteiger partial charge is 0.214 e. The monoisotopic (exact) mass is 177 g/mol. The van der Waals surface area contributed by atoms with Gasteiger partial charge in [0.25, 0.3) is 0 Å². The largest absolute Gasteiger partial charge is 2.00 e. The Bertz CT molecular complexity index is 118. The summed E-state index contributed by atoms with van der Waals surface area (Å²) in [7, 11) is 0. The van der Waals surface area contributed by atoms with Gasteiger partial charge in [-0.05, 0) is 0 Å². The van der Waals surface area contributed by atoms with Gasteiger partial charge >= 0.3 is 39.7 Å². The Balaban J connectivity index is -0.0000000875. The van der Waals surface area contributed by atoms with E-state index in [0.29, 0.717) is 0 Å². The van der Waals surface area contributed by atoms with Crippen LogP contribution >= 0.6 is 0 Å². The van der Waals surface area contributed by atoms with Crippen molar-refractivity contribution in [2.24, 2.45) is 0 Å². The SMILES string of the molecule is [C-]#[O+].[C-]#[O+].[Fe+2].c1cc[cH-]c1. The van der Waals surface area contributed by atoms with Crippen molar-refractivity contribution < 1.29 is 26.4 Å². The molecule has 1 rings (SSSR count). The van der Waals surface area contributed by atoms with E-state index in [0.717, 1.165) is 0 Å².